The Hall–Kier alpha value is -3.67. The Bertz CT molecular complexity index is 1210. The standard InChI is InChI=1S/C24H24N4O2/c1-15(2)17-8-10-19(11-9-17)28-26-22-12-16(3)21(14-23(22)27-28)25-24(29)18-6-5-7-20(13-18)30-4/h5-15H,1-4H3,(H,25,29). The van der Waals surface area contributed by atoms with Gasteiger partial charge in [0, 0.05) is 11.3 Å². The van der Waals surface area contributed by atoms with Crippen molar-refractivity contribution < 1.29 is 9.53 Å². The Morgan fingerprint density at radius 1 is 1.00 bits per heavy atom. The summed E-state index contributed by atoms with van der Waals surface area (Å²) in [5.41, 5.74) is 5.82. The van der Waals surface area contributed by atoms with Crippen LogP contribution in [0.4, 0.5) is 5.69 Å². The normalized spacial score (nSPS) is 11.1. The van der Waals surface area contributed by atoms with Crippen LogP contribution >= 0.6 is 0 Å². The fourth-order valence-electron chi connectivity index (χ4n) is 3.27. The number of aromatic nitrogens is 3. The maximum Gasteiger partial charge on any atom is 0.255 e. The van der Waals surface area contributed by atoms with Gasteiger partial charge in [0.15, 0.2) is 0 Å². The molecular weight excluding hydrogens is 376 g/mol. The summed E-state index contributed by atoms with van der Waals surface area (Å²) in [7, 11) is 1.58. The van der Waals surface area contributed by atoms with E-state index in [-0.39, 0.29) is 5.91 Å². The SMILES string of the molecule is COc1cccc(C(=O)Nc2cc3nn(-c4ccc(C(C)C)cc4)nc3cc2C)c1. The van der Waals surface area contributed by atoms with Gasteiger partial charge in [0.25, 0.3) is 5.91 Å². The highest BCUT2D eigenvalue weighted by Gasteiger charge is 2.12. The number of hydrogen-bond acceptors (Lipinski definition) is 4. The van der Waals surface area contributed by atoms with E-state index < -0.39 is 0 Å². The van der Waals surface area contributed by atoms with Gasteiger partial charge < -0.3 is 10.1 Å². The summed E-state index contributed by atoms with van der Waals surface area (Å²) >= 11 is 0. The van der Waals surface area contributed by atoms with Gasteiger partial charge in [-0.25, -0.2) is 0 Å². The lowest BCUT2D eigenvalue weighted by Gasteiger charge is -2.09. The van der Waals surface area contributed by atoms with Crippen molar-refractivity contribution in [3.8, 4) is 11.4 Å². The van der Waals surface area contributed by atoms with Crippen molar-refractivity contribution >= 4 is 22.6 Å². The van der Waals surface area contributed by atoms with E-state index in [2.05, 4.69) is 41.5 Å². The molecule has 0 unspecified atom stereocenters. The highest BCUT2D eigenvalue weighted by atomic mass is 16.5. The predicted molar refractivity (Wildman–Crippen MR) is 119 cm³/mol. The number of nitrogens with one attached hydrogen (secondary N) is 1. The first-order chi connectivity index (χ1) is 14.4. The van der Waals surface area contributed by atoms with Gasteiger partial charge in [-0.05, 0) is 66.4 Å². The molecule has 1 N–H and O–H groups in total. The molecule has 152 valence electrons. The third-order valence-electron chi connectivity index (χ3n) is 5.10. The van der Waals surface area contributed by atoms with Crippen molar-refractivity contribution in [2.45, 2.75) is 26.7 Å². The van der Waals surface area contributed by atoms with Crippen LogP contribution in [0, 0.1) is 6.92 Å². The van der Waals surface area contributed by atoms with Crippen LogP contribution < -0.4 is 10.1 Å². The second-order valence-electron chi connectivity index (χ2n) is 7.58. The molecule has 3 aromatic carbocycles. The molecular formula is C24H24N4O2. The molecule has 6 nitrogen and oxygen atoms in total. The lowest BCUT2D eigenvalue weighted by Crippen LogP contribution is -2.12. The number of methoxy groups -OCH3 is 1. The minimum atomic E-state index is -0.201. The molecule has 0 fully saturated rings. The van der Waals surface area contributed by atoms with E-state index in [1.54, 1.807) is 36.2 Å². The second kappa shape index (κ2) is 7.99. The van der Waals surface area contributed by atoms with Crippen molar-refractivity contribution in [3.63, 3.8) is 0 Å². The molecule has 6 heteroatoms. The van der Waals surface area contributed by atoms with Crippen LogP contribution in [-0.2, 0) is 0 Å². The zero-order valence-electron chi connectivity index (χ0n) is 17.5. The van der Waals surface area contributed by atoms with E-state index in [1.165, 1.54) is 5.56 Å². The van der Waals surface area contributed by atoms with Crippen molar-refractivity contribution in [1.82, 2.24) is 15.0 Å². The van der Waals surface area contributed by atoms with Gasteiger partial charge in [-0.1, -0.05) is 32.0 Å². The number of fused-ring (bicyclic) bond motifs is 1. The third-order valence-corrected chi connectivity index (χ3v) is 5.10. The summed E-state index contributed by atoms with van der Waals surface area (Å²) in [6.45, 7) is 6.27. The molecule has 0 aliphatic carbocycles. The number of aryl methyl sites for hydroxylation is 1. The highest BCUT2D eigenvalue weighted by molar-refractivity contribution is 6.05. The summed E-state index contributed by atoms with van der Waals surface area (Å²) in [6, 6.07) is 19.1. The molecule has 0 aliphatic heterocycles. The molecule has 0 radical (unpaired) electrons. The van der Waals surface area contributed by atoms with Crippen LogP contribution in [0.1, 0.15) is 41.3 Å². The van der Waals surface area contributed by atoms with Crippen molar-refractivity contribution in [2.24, 2.45) is 0 Å². The topological polar surface area (TPSA) is 69.0 Å². The molecule has 0 saturated heterocycles. The van der Waals surface area contributed by atoms with Crippen molar-refractivity contribution in [1.29, 1.82) is 0 Å². The van der Waals surface area contributed by atoms with E-state index in [0.29, 0.717) is 22.9 Å². The molecule has 0 aliphatic rings. The Morgan fingerprint density at radius 2 is 1.70 bits per heavy atom. The monoisotopic (exact) mass is 400 g/mol. The molecule has 1 aromatic heterocycles. The summed E-state index contributed by atoms with van der Waals surface area (Å²) < 4.78 is 5.20. The highest BCUT2D eigenvalue weighted by Crippen LogP contribution is 2.24. The van der Waals surface area contributed by atoms with E-state index in [9.17, 15) is 4.79 Å². The average molecular weight is 400 g/mol. The fraction of sp³-hybridized carbons (Fsp3) is 0.208. The van der Waals surface area contributed by atoms with Crippen molar-refractivity contribution in [2.75, 3.05) is 12.4 Å². The van der Waals surface area contributed by atoms with Crippen LogP contribution in [0.3, 0.4) is 0 Å². The van der Waals surface area contributed by atoms with Crippen LogP contribution in [0.25, 0.3) is 16.7 Å². The smallest absolute Gasteiger partial charge is 0.255 e. The average Bonchev–Trinajstić information content (AvgIpc) is 3.16. The van der Waals surface area contributed by atoms with Gasteiger partial charge in [0.2, 0.25) is 0 Å². The molecule has 1 amide bonds. The lowest BCUT2D eigenvalue weighted by atomic mass is 10.0. The van der Waals surface area contributed by atoms with Gasteiger partial charge in [-0.3, -0.25) is 4.79 Å². The number of carbonyl (C=O) groups is 1. The van der Waals surface area contributed by atoms with Gasteiger partial charge >= 0.3 is 0 Å². The Kier molecular flexibility index (Phi) is 5.23. The maximum absolute atomic E-state index is 12.7. The Labute approximate surface area is 175 Å². The van der Waals surface area contributed by atoms with E-state index >= 15 is 0 Å². The van der Waals surface area contributed by atoms with Crippen LogP contribution in [0.2, 0.25) is 0 Å². The minimum Gasteiger partial charge on any atom is -0.497 e. The third kappa shape index (κ3) is 3.89. The van der Waals surface area contributed by atoms with Gasteiger partial charge in [-0.2, -0.15) is 4.80 Å². The second-order valence-corrected chi connectivity index (χ2v) is 7.58. The Balaban J connectivity index is 1.62. The first kappa shape index (κ1) is 19.6. The fourth-order valence-corrected chi connectivity index (χ4v) is 3.27. The number of ether oxygens (including phenoxy) is 1. The summed E-state index contributed by atoms with van der Waals surface area (Å²) in [5.74, 6) is 0.913. The Morgan fingerprint density at radius 3 is 2.37 bits per heavy atom. The van der Waals surface area contributed by atoms with Gasteiger partial charge in [-0.15, -0.1) is 10.2 Å². The number of hydrogen-bond donors (Lipinski definition) is 1. The molecule has 4 aromatic rings. The van der Waals surface area contributed by atoms with Crippen LogP contribution in [0.15, 0.2) is 60.7 Å². The van der Waals surface area contributed by atoms with E-state index in [1.807, 2.05) is 31.2 Å². The largest absolute Gasteiger partial charge is 0.497 e. The summed E-state index contributed by atoms with van der Waals surface area (Å²) in [5, 5.41) is 12.2. The number of carbonyl (C=O) groups excluding carboxylic acids is 1. The predicted octanol–water partition coefficient (Wildman–Crippen LogP) is 5.11. The molecule has 1 heterocycles. The maximum atomic E-state index is 12.7. The number of nitrogens with zero attached hydrogens (tertiary/aromatic N) is 3. The first-order valence-corrected chi connectivity index (χ1v) is 9.88. The molecule has 0 atom stereocenters. The number of anilines is 1. The molecule has 0 bridgehead atoms. The van der Waals surface area contributed by atoms with E-state index in [0.717, 1.165) is 22.3 Å². The lowest BCUT2D eigenvalue weighted by molar-refractivity contribution is 0.102. The van der Waals surface area contributed by atoms with Gasteiger partial charge in [0.1, 0.15) is 16.8 Å². The number of rotatable bonds is 5. The molecule has 30 heavy (non-hydrogen) atoms. The summed E-state index contributed by atoms with van der Waals surface area (Å²) in [4.78, 5) is 14.3. The number of benzene rings is 3. The minimum absolute atomic E-state index is 0.201. The first-order valence-electron chi connectivity index (χ1n) is 9.88. The zero-order chi connectivity index (χ0) is 21.3. The zero-order valence-corrected chi connectivity index (χ0v) is 17.5. The summed E-state index contributed by atoms with van der Waals surface area (Å²) in [6.07, 6.45) is 0. The molecule has 4 rings (SSSR count). The van der Waals surface area contributed by atoms with Gasteiger partial charge in [0.05, 0.1) is 12.8 Å². The quantitative estimate of drug-likeness (QED) is 0.505. The van der Waals surface area contributed by atoms with Crippen LogP contribution in [0.5, 0.6) is 5.75 Å². The molecule has 0 spiro atoms. The molecule has 0 saturated carbocycles. The van der Waals surface area contributed by atoms with E-state index in [4.69, 9.17) is 4.74 Å². The van der Waals surface area contributed by atoms with Crippen molar-refractivity contribution in [3.05, 3.63) is 77.4 Å². The number of amides is 1. The van der Waals surface area contributed by atoms with Crippen LogP contribution in [-0.4, -0.2) is 28.0 Å².